The quantitative estimate of drug-likeness (QED) is 0.832. The molecule has 25 heavy (non-hydrogen) atoms. The van der Waals surface area contributed by atoms with Crippen LogP contribution in [0.2, 0.25) is 0 Å². The van der Waals surface area contributed by atoms with Gasteiger partial charge in [0.25, 0.3) is 15.9 Å². The van der Waals surface area contributed by atoms with Crippen molar-refractivity contribution in [2.45, 2.75) is 24.2 Å². The van der Waals surface area contributed by atoms with Gasteiger partial charge in [0.05, 0.1) is 23.3 Å². The van der Waals surface area contributed by atoms with E-state index >= 15 is 0 Å². The monoisotopic (exact) mass is 360 g/mol. The molecule has 1 aliphatic rings. The second kappa shape index (κ2) is 6.85. The number of hydrogen-bond acceptors (Lipinski definition) is 4. The van der Waals surface area contributed by atoms with Gasteiger partial charge in [-0.15, -0.1) is 0 Å². The lowest BCUT2D eigenvalue weighted by Gasteiger charge is -2.17. The first-order valence-corrected chi connectivity index (χ1v) is 9.46. The molecule has 0 atom stereocenters. The third-order valence-corrected chi connectivity index (χ3v) is 5.71. The molecule has 1 N–H and O–H groups in total. The van der Waals surface area contributed by atoms with Crippen molar-refractivity contribution in [2.24, 2.45) is 0 Å². The molecule has 1 amide bonds. The van der Waals surface area contributed by atoms with Gasteiger partial charge in [-0.2, -0.15) is 0 Å². The molecule has 2 aromatic rings. The van der Waals surface area contributed by atoms with Gasteiger partial charge in [-0.1, -0.05) is 18.2 Å². The maximum Gasteiger partial charge on any atom is 0.279 e. The summed E-state index contributed by atoms with van der Waals surface area (Å²) < 4.78 is 28.0. The zero-order chi connectivity index (χ0) is 18.0. The first-order chi connectivity index (χ1) is 11.9. The van der Waals surface area contributed by atoms with E-state index in [-0.39, 0.29) is 16.1 Å². The summed E-state index contributed by atoms with van der Waals surface area (Å²) in [6.45, 7) is 0. The first-order valence-electron chi connectivity index (χ1n) is 7.98. The van der Waals surface area contributed by atoms with Gasteiger partial charge in [0, 0.05) is 7.05 Å². The van der Waals surface area contributed by atoms with Crippen LogP contribution in [-0.4, -0.2) is 33.5 Å². The summed E-state index contributed by atoms with van der Waals surface area (Å²) in [4.78, 5) is 17.4. The van der Waals surface area contributed by atoms with Crippen molar-refractivity contribution in [1.29, 1.82) is 0 Å². The Morgan fingerprint density at radius 3 is 2.60 bits per heavy atom. The molecule has 0 bridgehead atoms. The maximum absolute atomic E-state index is 12.7. The average molecular weight is 360 g/mol. The fourth-order valence-electron chi connectivity index (χ4n) is 2.93. The molecule has 0 saturated heterocycles. The molecule has 3 rings (SSSR count). The Hall–Kier alpha value is -2.38. The van der Waals surface area contributed by atoms with Crippen LogP contribution in [0.25, 0.3) is 0 Å². The van der Waals surface area contributed by atoms with Crippen molar-refractivity contribution in [1.82, 2.24) is 5.06 Å². The van der Waals surface area contributed by atoms with E-state index in [0.29, 0.717) is 0 Å². The molecule has 0 fully saturated rings. The van der Waals surface area contributed by atoms with Gasteiger partial charge < -0.3 is 0 Å². The normalized spacial score (nSPS) is 13.4. The summed E-state index contributed by atoms with van der Waals surface area (Å²) in [6.07, 6.45) is 2.93. The molecular formula is C18H20N2O4S. The SMILES string of the molecule is CON(C)C(=O)c1ccccc1NS(=O)(=O)c1ccc2c(c1)CCC2. The molecule has 1 aliphatic carbocycles. The lowest BCUT2D eigenvalue weighted by Crippen LogP contribution is -2.27. The van der Waals surface area contributed by atoms with Gasteiger partial charge in [-0.25, -0.2) is 13.5 Å². The number of sulfonamides is 1. The molecule has 0 aliphatic heterocycles. The van der Waals surface area contributed by atoms with Crippen molar-refractivity contribution >= 4 is 21.6 Å². The number of carbonyl (C=O) groups is 1. The molecule has 0 heterocycles. The van der Waals surface area contributed by atoms with Crippen molar-refractivity contribution in [3.63, 3.8) is 0 Å². The lowest BCUT2D eigenvalue weighted by atomic mass is 10.1. The molecular weight excluding hydrogens is 340 g/mol. The molecule has 0 radical (unpaired) electrons. The molecule has 6 nitrogen and oxygen atoms in total. The van der Waals surface area contributed by atoms with Crippen LogP contribution in [0.1, 0.15) is 27.9 Å². The number of benzene rings is 2. The number of para-hydroxylation sites is 1. The predicted molar refractivity (Wildman–Crippen MR) is 94.8 cm³/mol. The molecule has 7 heteroatoms. The van der Waals surface area contributed by atoms with E-state index in [2.05, 4.69) is 4.72 Å². The standard InChI is InChI=1S/C18H20N2O4S/c1-20(24-2)18(21)16-8-3-4-9-17(16)19-25(22,23)15-11-10-13-6-5-7-14(13)12-15/h3-4,8-12,19H,5-7H2,1-2H3. The number of nitrogens with zero attached hydrogens (tertiary/aromatic N) is 1. The summed E-state index contributed by atoms with van der Waals surface area (Å²) in [5.41, 5.74) is 2.72. The van der Waals surface area contributed by atoms with Crippen LogP contribution in [-0.2, 0) is 27.7 Å². The van der Waals surface area contributed by atoms with Crippen molar-refractivity contribution < 1.29 is 18.0 Å². The van der Waals surface area contributed by atoms with Crippen LogP contribution in [0, 0.1) is 0 Å². The van der Waals surface area contributed by atoms with Crippen molar-refractivity contribution in [3.05, 3.63) is 59.2 Å². The molecule has 132 valence electrons. The van der Waals surface area contributed by atoms with Gasteiger partial charge in [0.15, 0.2) is 0 Å². The molecule has 0 spiro atoms. The van der Waals surface area contributed by atoms with Crippen LogP contribution in [0.3, 0.4) is 0 Å². The number of fused-ring (bicyclic) bond motifs is 1. The number of anilines is 1. The van der Waals surface area contributed by atoms with Crippen LogP contribution in [0.5, 0.6) is 0 Å². The minimum Gasteiger partial charge on any atom is -0.279 e. The summed E-state index contributed by atoms with van der Waals surface area (Å²) in [7, 11) is -0.948. The Labute approximate surface area is 147 Å². The van der Waals surface area contributed by atoms with E-state index in [1.165, 1.54) is 19.7 Å². The van der Waals surface area contributed by atoms with E-state index in [1.54, 1.807) is 36.4 Å². The van der Waals surface area contributed by atoms with E-state index in [4.69, 9.17) is 4.84 Å². The smallest absolute Gasteiger partial charge is 0.279 e. The number of aryl methyl sites for hydroxylation is 2. The van der Waals surface area contributed by atoms with Gasteiger partial charge in [-0.3, -0.25) is 14.4 Å². The number of hydroxylamine groups is 2. The van der Waals surface area contributed by atoms with Crippen molar-refractivity contribution in [3.8, 4) is 0 Å². The second-order valence-corrected chi connectivity index (χ2v) is 7.60. The zero-order valence-corrected chi connectivity index (χ0v) is 15.0. The zero-order valence-electron chi connectivity index (χ0n) is 14.2. The topological polar surface area (TPSA) is 75.7 Å². The number of amides is 1. The second-order valence-electron chi connectivity index (χ2n) is 5.92. The van der Waals surface area contributed by atoms with E-state index in [1.807, 2.05) is 6.07 Å². The van der Waals surface area contributed by atoms with E-state index in [0.717, 1.165) is 29.9 Å². The van der Waals surface area contributed by atoms with Gasteiger partial charge >= 0.3 is 0 Å². The minimum atomic E-state index is -3.78. The predicted octanol–water partition coefficient (Wildman–Crippen LogP) is 2.61. The number of hydrogen-bond donors (Lipinski definition) is 1. The van der Waals surface area contributed by atoms with Crippen LogP contribution < -0.4 is 4.72 Å². The third-order valence-electron chi connectivity index (χ3n) is 4.34. The fourth-order valence-corrected chi connectivity index (χ4v) is 4.06. The van der Waals surface area contributed by atoms with Crippen LogP contribution >= 0.6 is 0 Å². The van der Waals surface area contributed by atoms with Gasteiger partial charge in [0.2, 0.25) is 0 Å². The van der Waals surface area contributed by atoms with E-state index in [9.17, 15) is 13.2 Å². The summed E-state index contributed by atoms with van der Waals surface area (Å²) in [5, 5.41) is 1.04. The van der Waals surface area contributed by atoms with Crippen LogP contribution in [0.4, 0.5) is 5.69 Å². The summed E-state index contributed by atoms with van der Waals surface area (Å²) in [6, 6.07) is 11.6. The molecule has 2 aromatic carbocycles. The average Bonchev–Trinajstić information content (AvgIpc) is 3.08. The lowest BCUT2D eigenvalue weighted by molar-refractivity contribution is -0.0756. The van der Waals surface area contributed by atoms with Crippen molar-refractivity contribution in [2.75, 3.05) is 18.9 Å². The Kier molecular flexibility index (Phi) is 4.78. The Morgan fingerprint density at radius 2 is 1.84 bits per heavy atom. The van der Waals surface area contributed by atoms with E-state index < -0.39 is 15.9 Å². The Balaban J connectivity index is 1.93. The van der Waals surface area contributed by atoms with Crippen LogP contribution in [0.15, 0.2) is 47.4 Å². The summed E-state index contributed by atoms with van der Waals surface area (Å²) >= 11 is 0. The number of rotatable bonds is 5. The minimum absolute atomic E-state index is 0.204. The maximum atomic E-state index is 12.7. The largest absolute Gasteiger partial charge is 0.279 e. The fraction of sp³-hybridized carbons (Fsp3) is 0.278. The van der Waals surface area contributed by atoms with Gasteiger partial charge in [0.1, 0.15) is 0 Å². The molecule has 0 unspecified atom stereocenters. The Bertz CT molecular complexity index is 909. The molecule has 0 aromatic heterocycles. The van der Waals surface area contributed by atoms with Gasteiger partial charge in [-0.05, 0) is 54.7 Å². The molecule has 0 saturated carbocycles. The highest BCUT2D eigenvalue weighted by atomic mass is 32.2. The highest BCUT2D eigenvalue weighted by Crippen LogP contribution is 2.27. The Morgan fingerprint density at radius 1 is 1.12 bits per heavy atom. The first kappa shape index (κ1) is 17.4. The number of carbonyl (C=O) groups excluding carboxylic acids is 1. The third kappa shape index (κ3) is 3.52. The summed E-state index contributed by atoms with van der Waals surface area (Å²) in [5.74, 6) is -0.435. The highest BCUT2D eigenvalue weighted by Gasteiger charge is 2.22. The highest BCUT2D eigenvalue weighted by molar-refractivity contribution is 7.92. The number of nitrogens with one attached hydrogen (secondary N) is 1.